The summed E-state index contributed by atoms with van der Waals surface area (Å²) in [6, 6.07) is 9.15. The largest absolute Gasteiger partial charge is 0.343 e. The molecule has 2 amide bonds. The normalized spacial score (nSPS) is 12.6. The molecule has 0 unspecified atom stereocenters. The Balaban J connectivity index is 1.83. The molecule has 118 valence electrons. The van der Waals surface area contributed by atoms with Crippen LogP contribution in [-0.4, -0.2) is 35.8 Å². The van der Waals surface area contributed by atoms with Gasteiger partial charge in [-0.1, -0.05) is 12.1 Å². The van der Waals surface area contributed by atoms with E-state index in [1.54, 1.807) is 26.2 Å². The lowest BCUT2D eigenvalue weighted by Crippen LogP contribution is -2.23. The zero-order valence-corrected chi connectivity index (χ0v) is 13.3. The Bertz CT molecular complexity index is 769. The highest BCUT2D eigenvalue weighted by Gasteiger charge is 2.19. The average molecular weight is 309 g/mol. The van der Waals surface area contributed by atoms with Crippen molar-refractivity contribution >= 4 is 17.5 Å². The Labute approximate surface area is 135 Å². The Morgan fingerprint density at radius 1 is 1.17 bits per heavy atom. The van der Waals surface area contributed by atoms with E-state index in [9.17, 15) is 9.59 Å². The predicted octanol–water partition coefficient (Wildman–Crippen LogP) is 2.52. The van der Waals surface area contributed by atoms with Crippen LogP contribution in [0.3, 0.4) is 0 Å². The molecule has 2 aromatic rings. The summed E-state index contributed by atoms with van der Waals surface area (Å²) in [4.78, 5) is 30.0. The van der Waals surface area contributed by atoms with Crippen molar-refractivity contribution in [3.8, 4) is 0 Å². The minimum absolute atomic E-state index is 0.141. The number of pyridine rings is 1. The number of amides is 2. The maximum atomic E-state index is 12.6. The number of nitrogens with one attached hydrogen (secondary N) is 1. The molecule has 1 N–H and O–H groups in total. The van der Waals surface area contributed by atoms with Crippen molar-refractivity contribution < 1.29 is 9.59 Å². The summed E-state index contributed by atoms with van der Waals surface area (Å²) in [6.07, 6.45) is 4.60. The Morgan fingerprint density at radius 2 is 2.00 bits per heavy atom. The molecule has 5 nitrogen and oxygen atoms in total. The van der Waals surface area contributed by atoms with Crippen LogP contribution in [0, 0.1) is 0 Å². The van der Waals surface area contributed by atoms with Gasteiger partial charge in [-0.05, 0) is 48.6 Å². The van der Waals surface area contributed by atoms with Gasteiger partial charge >= 0.3 is 0 Å². The van der Waals surface area contributed by atoms with Crippen LogP contribution in [0.4, 0.5) is 5.69 Å². The fourth-order valence-corrected chi connectivity index (χ4v) is 2.89. The first-order chi connectivity index (χ1) is 11.1. The number of anilines is 1. The highest BCUT2D eigenvalue weighted by Crippen LogP contribution is 2.25. The van der Waals surface area contributed by atoms with Crippen LogP contribution < -0.4 is 5.32 Å². The van der Waals surface area contributed by atoms with E-state index in [0.29, 0.717) is 11.4 Å². The van der Waals surface area contributed by atoms with E-state index in [1.165, 1.54) is 16.7 Å². The monoisotopic (exact) mass is 309 g/mol. The summed E-state index contributed by atoms with van der Waals surface area (Å²) in [5, 5.41) is 2.87. The smallest absolute Gasteiger partial charge is 0.272 e. The first-order valence-electron chi connectivity index (χ1n) is 7.66. The van der Waals surface area contributed by atoms with E-state index in [-0.39, 0.29) is 11.8 Å². The summed E-state index contributed by atoms with van der Waals surface area (Å²) >= 11 is 0. The number of aromatic nitrogens is 1. The highest BCUT2D eigenvalue weighted by atomic mass is 16.2. The van der Waals surface area contributed by atoms with Crippen LogP contribution in [0.25, 0.3) is 0 Å². The molecule has 1 aliphatic rings. The van der Waals surface area contributed by atoms with Gasteiger partial charge in [0.05, 0.1) is 0 Å². The van der Waals surface area contributed by atoms with Gasteiger partial charge in [0.2, 0.25) is 0 Å². The number of nitrogens with zero attached hydrogens (tertiary/aromatic N) is 2. The molecule has 0 aliphatic heterocycles. The maximum Gasteiger partial charge on any atom is 0.272 e. The third-order valence-electron chi connectivity index (χ3n) is 4.03. The molecule has 0 fully saturated rings. The average Bonchev–Trinajstić information content (AvgIpc) is 3.02. The number of benzene rings is 1. The van der Waals surface area contributed by atoms with Crippen molar-refractivity contribution in [1.29, 1.82) is 0 Å². The van der Waals surface area contributed by atoms with E-state index in [0.717, 1.165) is 30.4 Å². The van der Waals surface area contributed by atoms with Crippen molar-refractivity contribution in [3.05, 3.63) is 58.9 Å². The summed E-state index contributed by atoms with van der Waals surface area (Å²) < 4.78 is 0. The SMILES string of the molecule is CN(C)C(=O)c1cc(NC(=O)c2cccc3c2CCC3)ccn1. The lowest BCUT2D eigenvalue weighted by Gasteiger charge is -2.12. The van der Waals surface area contributed by atoms with Crippen molar-refractivity contribution in [1.82, 2.24) is 9.88 Å². The number of carbonyl (C=O) groups excluding carboxylic acids is 2. The van der Waals surface area contributed by atoms with Crippen LogP contribution in [-0.2, 0) is 12.8 Å². The number of aryl methyl sites for hydroxylation is 1. The number of rotatable bonds is 3. The lowest BCUT2D eigenvalue weighted by atomic mass is 10.0. The highest BCUT2D eigenvalue weighted by molar-refractivity contribution is 6.06. The fraction of sp³-hybridized carbons (Fsp3) is 0.278. The molecule has 0 radical (unpaired) electrons. The minimum atomic E-state index is -0.193. The minimum Gasteiger partial charge on any atom is -0.343 e. The van der Waals surface area contributed by atoms with Crippen LogP contribution in [0.15, 0.2) is 36.5 Å². The van der Waals surface area contributed by atoms with Crippen molar-refractivity contribution in [2.45, 2.75) is 19.3 Å². The molecule has 0 atom stereocenters. The lowest BCUT2D eigenvalue weighted by molar-refractivity contribution is 0.0821. The molecule has 1 aromatic carbocycles. The van der Waals surface area contributed by atoms with E-state index in [4.69, 9.17) is 0 Å². The Morgan fingerprint density at radius 3 is 2.78 bits per heavy atom. The van der Waals surface area contributed by atoms with Crippen LogP contribution in [0.5, 0.6) is 0 Å². The van der Waals surface area contributed by atoms with Gasteiger partial charge in [-0.2, -0.15) is 0 Å². The fourth-order valence-electron chi connectivity index (χ4n) is 2.89. The molecule has 1 heterocycles. The topological polar surface area (TPSA) is 62.3 Å². The molecule has 3 rings (SSSR count). The third kappa shape index (κ3) is 3.08. The van der Waals surface area contributed by atoms with E-state index < -0.39 is 0 Å². The third-order valence-corrected chi connectivity index (χ3v) is 4.03. The molecule has 0 bridgehead atoms. The zero-order chi connectivity index (χ0) is 16.4. The predicted molar refractivity (Wildman–Crippen MR) is 88.7 cm³/mol. The molecular weight excluding hydrogens is 290 g/mol. The van der Waals surface area contributed by atoms with Gasteiger partial charge in [0.1, 0.15) is 5.69 Å². The number of carbonyl (C=O) groups is 2. The number of fused-ring (bicyclic) bond motifs is 1. The molecule has 1 aromatic heterocycles. The first kappa shape index (κ1) is 15.2. The molecule has 1 aliphatic carbocycles. The zero-order valence-electron chi connectivity index (χ0n) is 13.3. The Kier molecular flexibility index (Phi) is 4.10. The second-order valence-electron chi connectivity index (χ2n) is 5.88. The summed E-state index contributed by atoms with van der Waals surface area (Å²) in [5.41, 5.74) is 4.01. The quantitative estimate of drug-likeness (QED) is 0.947. The molecule has 23 heavy (non-hydrogen) atoms. The second-order valence-corrected chi connectivity index (χ2v) is 5.88. The summed E-state index contributed by atoms with van der Waals surface area (Å²) in [7, 11) is 3.34. The van der Waals surface area contributed by atoms with Crippen molar-refractivity contribution in [2.24, 2.45) is 0 Å². The van der Waals surface area contributed by atoms with Crippen LogP contribution in [0.2, 0.25) is 0 Å². The van der Waals surface area contributed by atoms with E-state index in [1.807, 2.05) is 12.1 Å². The van der Waals surface area contributed by atoms with Gasteiger partial charge in [-0.15, -0.1) is 0 Å². The maximum absolute atomic E-state index is 12.6. The Hall–Kier alpha value is -2.69. The molecule has 0 saturated carbocycles. The molecule has 5 heteroatoms. The van der Waals surface area contributed by atoms with Gasteiger partial charge in [0, 0.05) is 31.5 Å². The molecule has 0 spiro atoms. The van der Waals surface area contributed by atoms with Crippen molar-refractivity contribution in [3.63, 3.8) is 0 Å². The molecule has 0 saturated heterocycles. The number of hydrogen-bond donors (Lipinski definition) is 1. The standard InChI is InChI=1S/C18H19N3O2/c1-21(2)18(23)16-11-13(9-10-19-16)20-17(22)15-8-4-6-12-5-3-7-14(12)15/h4,6,8-11H,3,5,7H2,1-2H3,(H,19,20,22). The van der Waals surface area contributed by atoms with E-state index in [2.05, 4.69) is 16.4 Å². The summed E-state index contributed by atoms with van der Waals surface area (Å²) in [5.74, 6) is -0.333. The van der Waals surface area contributed by atoms with Gasteiger partial charge in [-0.25, -0.2) is 0 Å². The van der Waals surface area contributed by atoms with Crippen LogP contribution in [0.1, 0.15) is 38.4 Å². The van der Waals surface area contributed by atoms with Gasteiger partial charge in [0.25, 0.3) is 11.8 Å². The number of hydrogen-bond acceptors (Lipinski definition) is 3. The van der Waals surface area contributed by atoms with Crippen LogP contribution >= 0.6 is 0 Å². The van der Waals surface area contributed by atoms with Gasteiger partial charge in [-0.3, -0.25) is 14.6 Å². The second kappa shape index (κ2) is 6.20. The van der Waals surface area contributed by atoms with Gasteiger partial charge in [0.15, 0.2) is 0 Å². The van der Waals surface area contributed by atoms with Crippen molar-refractivity contribution in [2.75, 3.05) is 19.4 Å². The van der Waals surface area contributed by atoms with E-state index >= 15 is 0 Å². The first-order valence-corrected chi connectivity index (χ1v) is 7.66. The van der Waals surface area contributed by atoms with Gasteiger partial charge < -0.3 is 10.2 Å². The summed E-state index contributed by atoms with van der Waals surface area (Å²) in [6.45, 7) is 0. The molecular formula is C18H19N3O2.